The molecule has 110 valence electrons. The van der Waals surface area contributed by atoms with Crippen LogP contribution in [0, 0.1) is 0 Å². The molecule has 2 heterocycles. The Kier molecular flexibility index (Phi) is 5.83. The van der Waals surface area contributed by atoms with Gasteiger partial charge in [0.15, 0.2) is 0 Å². The molecule has 4 nitrogen and oxygen atoms in total. The molecule has 0 radical (unpaired) electrons. The van der Waals surface area contributed by atoms with Crippen molar-refractivity contribution in [1.82, 2.24) is 4.98 Å². The third-order valence-corrected chi connectivity index (χ3v) is 3.97. The molecule has 1 aromatic heterocycles. The molecule has 1 fully saturated rings. The highest BCUT2D eigenvalue weighted by atomic mass is 79.9. The number of carbonyl (C=O) groups is 1. The lowest BCUT2D eigenvalue weighted by atomic mass is 10.0. The summed E-state index contributed by atoms with van der Waals surface area (Å²) >= 11 is 3.43. The van der Waals surface area contributed by atoms with Crippen molar-refractivity contribution in [2.45, 2.75) is 45.1 Å². The van der Waals surface area contributed by atoms with Crippen LogP contribution in [-0.2, 0) is 9.53 Å². The van der Waals surface area contributed by atoms with Crippen molar-refractivity contribution in [1.29, 1.82) is 0 Å². The lowest BCUT2D eigenvalue weighted by molar-refractivity contribution is -0.145. The minimum absolute atomic E-state index is 0.0990. The summed E-state index contributed by atoms with van der Waals surface area (Å²) in [5.41, 5.74) is 0.983. The fraction of sp³-hybridized carbons (Fsp3) is 0.600. The summed E-state index contributed by atoms with van der Waals surface area (Å²) in [5, 5.41) is 0. The first kappa shape index (κ1) is 15.3. The second kappa shape index (κ2) is 7.62. The molecule has 1 saturated heterocycles. The number of anilines is 1. The predicted octanol–water partition coefficient (Wildman–Crippen LogP) is 3.55. The Bertz CT molecular complexity index is 453. The van der Waals surface area contributed by atoms with Crippen LogP contribution in [0.5, 0.6) is 0 Å². The fourth-order valence-electron chi connectivity index (χ4n) is 2.46. The van der Waals surface area contributed by atoms with Crippen molar-refractivity contribution in [3.63, 3.8) is 0 Å². The molecule has 1 unspecified atom stereocenters. The van der Waals surface area contributed by atoms with E-state index < -0.39 is 0 Å². The number of aromatic nitrogens is 1. The summed E-state index contributed by atoms with van der Waals surface area (Å²) in [6, 6.07) is 1.83. The first-order chi connectivity index (χ1) is 9.72. The fourth-order valence-corrected chi connectivity index (χ4v) is 2.81. The van der Waals surface area contributed by atoms with Crippen LogP contribution in [0.4, 0.5) is 5.69 Å². The van der Waals surface area contributed by atoms with Crippen LogP contribution >= 0.6 is 15.9 Å². The maximum Gasteiger partial charge on any atom is 0.328 e. The lowest BCUT2D eigenvalue weighted by Gasteiger charge is -2.35. The Labute approximate surface area is 128 Å². The molecule has 5 heteroatoms. The normalized spacial score (nSPS) is 18.9. The average Bonchev–Trinajstić information content (AvgIpc) is 2.47. The van der Waals surface area contributed by atoms with Crippen molar-refractivity contribution < 1.29 is 9.53 Å². The Balaban J connectivity index is 2.07. The summed E-state index contributed by atoms with van der Waals surface area (Å²) < 4.78 is 6.32. The standard InChI is InChI=1S/C15H21BrN2O2/c1-2-3-8-20-15(19)14-6-4-5-7-18(14)13-9-12(16)10-17-11-13/h9-11,14H,2-8H2,1H3. The molecule has 0 aliphatic carbocycles. The molecule has 2 rings (SSSR count). The number of halogens is 1. The molecule has 0 saturated carbocycles. The molecule has 20 heavy (non-hydrogen) atoms. The third kappa shape index (κ3) is 3.95. The van der Waals surface area contributed by atoms with Crippen LogP contribution in [0.1, 0.15) is 39.0 Å². The summed E-state index contributed by atoms with van der Waals surface area (Å²) in [6.07, 6.45) is 8.56. The van der Waals surface area contributed by atoms with Gasteiger partial charge in [-0.15, -0.1) is 0 Å². The molecule has 0 bridgehead atoms. The summed E-state index contributed by atoms with van der Waals surface area (Å²) in [4.78, 5) is 18.6. The topological polar surface area (TPSA) is 42.4 Å². The van der Waals surface area contributed by atoms with Gasteiger partial charge in [-0.25, -0.2) is 4.79 Å². The average molecular weight is 341 g/mol. The highest BCUT2D eigenvalue weighted by molar-refractivity contribution is 9.10. The van der Waals surface area contributed by atoms with Crippen LogP contribution < -0.4 is 4.90 Å². The Morgan fingerprint density at radius 3 is 3.10 bits per heavy atom. The van der Waals surface area contributed by atoms with E-state index >= 15 is 0 Å². The van der Waals surface area contributed by atoms with Gasteiger partial charge in [0.1, 0.15) is 6.04 Å². The molecule has 0 aromatic carbocycles. The number of carbonyl (C=O) groups excluding carboxylic acids is 1. The molecule has 0 amide bonds. The zero-order chi connectivity index (χ0) is 14.4. The van der Waals surface area contributed by atoms with Crippen molar-refractivity contribution in [3.8, 4) is 0 Å². The molecule has 0 N–H and O–H groups in total. The summed E-state index contributed by atoms with van der Waals surface area (Å²) in [7, 11) is 0. The van der Waals surface area contributed by atoms with E-state index in [1.54, 1.807) is 6.20 Å². The van der Waals surface area contributed by atoms with E-state index in [1.165, 1.54) is 0 Å². The molecule has 1 aliphatic heterocycles. The lowest BCUT2D eigenvalue weighted by Crippen LogP contribution is -2.45. The number of ether oxygens (including phenoxy) is 1. The summed E-state index contributed by atoms with van der Waals surface area (Å²) in [5.74, 6) is -0.0990. The highest BCUT2D eigenvalue weighted by Crippen LogP contribution is 2.26. The van der Waals surface area contributed by atoms with Crippen LogP contribution in [0.25, 0.3) is 0 Å². The van der Waals surface area contributed by atoms with Crippen LogP contribution in [-0.4, -0.2) is 30.1 Å². The van der Waals surface area contributed by atoms with E-state index in [4.69, 9.17) is 4.74 Å². The monoisotopic (exact) mass is 340 g/mol. The van der Waals surface area contributed by atoms with Crippen molar-refractivity contribution in [3.05, 3.63) is 22.9 Å². The predicted molar refractivity (Wildman–Crippen MR) is 82.8 cm³/mol. The van der Waals surface area contributed by atoms with Gasteiger partial charge in [0, 0.05) is 17.2 Å². The zero-order valence-electron chi connectivity index (χ0n) is 11.8. The Hall–Kier alpha value is -1.10. The number of esters is 1. The minimum atomic E-state index is -0.170. The van der Waals surface area contributed by atoms with E-state index in [-0.39, 0.29) is 12.0 Å². The molecule has 0 spiro atoms. The van der Waals surface area contributed by atoms with Gasteiger partial charge in [0.05, 0.1) is 18.5 Å². The smallest absolute Gasteiger partial charge is 0.328 e. The number of unbranched alkanes of at least 4 members (excludes halogenated alkanes) is 1. The number of hydrogen-bond acceptors (Lipinski definition) is 4. The number of piperidine rings is 1. The molecular weight excluding hydrogens is 320 g/mol. The largest absolute Gasteiger partial charge is 0.464 e. The van der Waals surface area contributed by atoms with Gasteiger partial charge in [0.2, 0.25) is 0 Å². The Morgan fingerprint density at radius 1 is 1.50 bits per heavy atom. The molecule has 1 aliphatic rings. The van der Waals surface area contributed by atoms with Gasteiger partial charge in [-0.2, -0.15) is 0 Å². The van der Waals surface area contributed by atoms with Crippen molar-refractivity contribution in [2.24, 2.45) is 0 Å². The SMILES string of the molecule is CCCCOC(=O)C1CCCCN1c1cncc(Br)c1. The first-order valence-electron chi connectivity index (χ1n) is 7.26. The van der Waals surface area contributed by atoms with E-state index in [9.17, 15) is 4.79 Å². The van der Waals surface area contributed by atoms with Crippen LogP contribution in [0.2, 0.25) is 0 Å². The molecular formula is C15H21BrN2O2. The van der Waals surface area contributed by atoms with Gasteiger partial charge < -0.3 is 9.64 Å². The number of pyridine rings is 1. The van der Waals surface area contributed by atoms with Gasteiger partial charge in [-0.05, 0) is 47.7 Å². The van der Waals surface area contributed by atoms with E-state index in [0.717, 1.165) is 48.8 Å². The number of nitrogens with zero attached hydrogens (tertiary/aromatic N) is 2. The van der Waals surface area contributed by atoms with Gasteiger partial charge in [0.25, 0.3) is 0 Å². The maximum absolute atomic E-state index is 12.2. The van der Waals surface area contributed by atoms with E-state index in [1.807, 2.05) is 12.3 Å². The van der Waals surface area contributed by atoms with Crippen LogP contribution in [0.3, 0.4) is 0 Å². The van der Waals surface area contributed by atoms with E-state index in [0.29, 0.717) is 6.61 Å². The minimum Gasteiger partial charge on any atom is -0.464 e. The van der Waals surface area contributed by atoms with E-state index in [2.05, 4.69) is 32.7 Å². The van der Waals surface area contributed by atoms with Crippen molar-refractivity contribution in [2.75, 3.05) is 18.1 Å². The Morgan fingerprint density at radius 2 is 2.35 bits per heavy atom. The first-order valence-corrected chi connectivity index (χ1v) is 8.05. The van der Waals surface area contributed by atoms with Gasteiger partial charge in [-0.3, -0.25) is 4.98 Å². The zero-order valence-corrected chi connectivity index (χ0v) is 13.4. The van der Waals surface area contributed by atoms with Gasteiger partial charge in [-0.1, -0.05) is 13.3 Å². The summed E-state index contributed by atoms with van der Waals surface area (Å²) in [6.45, 7) is 3.50. The van der Waals surface area contributed by atoms with Crippen molar-refractivity contribution >= 4 is 27.6 Å². The number of rotatable bonds is 5. The maximum atomic E-state index is 12.2. The second-order valence-corrected chi connectivity index (χ2v) is 6.00. The van der Waals surface area contributed by atoms with Gasteiger partial charge >= 0.3 is 5.97 Å². The van der Waals surface area contributed by atoms with Crippen LogP contribution in [0.15, 0.2) is 22.9 Å². The second-order valence-electron chi connectivity index (χ2n) is 5.09. The molecule has 1 aromatic rings. The third-order valence-electron chi connectivity index (χ3n) is 3.54. The molecule has 1 atom stereocenters. The highest BCUT2D eigenvalue weighted by Gasteiger charge is 2.30. The quantitative estimate of drug-likeness (QED) is 0.607. The number of hydrogen-bond donors (Lipinski definition) is 0.